The van der Waals surface area contributed by atoms with Crippen LogP contribution in [-0.2, 0) is 6.54 Å². The predicted molar refractivity (Wildman–Crippen MR) is 128 cm³/mol. The third-order valence-corrected chi connectivity index (χ3v) is 5.75. The Balaban J connectivity index is 1.49. The van der Waals surface area contributed by atoms with Crippen LogP contribution in [0.1, 0.15) is 49.7 Å². The number of benzene rings is 2. The van der Waals surface area contributed by atoms with E-state index in [1.54, 1.807) is 23.4 Å². The van der Waals surface area contributed by atoms with Crippen molar-refractivity contribution < 1.29 is 13.7 Å². The van der Waals surface area contributed by atoms with Gasteiger partial charge in [-0.25, -0.2) is 14.4 Å². The van der Waals surface area contributed by atoms with Crippen LogP contribution >= 0.6 is 0 Å². The van der Waals surface area contributed by atoms with Gasteiger partial charge in [0, 0.05) is 35.1 Å². The highest BCUT2D eigenvalue weighted by molar-refractivity contribution is 5.93. The van der Waals surface area contributed by atoms with Crippen molar-refractivity contribution in [2.45, 2.75) is 51.7 Å². The minimum absolute atomic E-state index is 0.0875. The highest BCUT2D eigenvalue weighted by Gasteiger charge is 2.35. The van der Waals surface area contributed by atoms with E-state index in [0.717, 1.165) is 40.7 Å². The van der Waals surface area contributed by atoms with Gasteiger partial charge in [-0.05, 0) is 69.0 Å². The van der Waals surface area contributed by atoms with Crippen molar-refractivity contribution in [2.24, 2.45) is 0 Å². The number of aromatic nitrogens is 3. The number of carbonyl (C=O) groups excluding carboxylic acids is 1. The summed E-state index contributed by atoms with van der Waals surface area (Å²) in [5.74, 6) is 0.292. The Morgan fingerprint density at radius 1 is 1.12 bits per heavy atom. The number of hydrogen-bond donors (Lipinski definition) is 1. The van der Waals surface area contributed by atoms with Crippen LogP contribution in [0.25, 0.3) is 22.0 Å². The molecule has 1 fully saturated rings. The molecule has 0 atom stereocenters. The van der Waals surface area contributed by atoms with Crippen molar-refractivity contribution in [1.29, 1.82) is 0 Å². The third-order valence-electron chi connectivity index (χ3n) is 5.75. The number of fused-ring (bicyclic) bond motifs is 1. The molecule has 7 nitrogen and oxygen atoms in total. The van der Waals surface area contributed by atoms with Gasteiger partial charge >= 0.3 is 0 Å². The highest BCUT2D eigenvalue weighted by Crippen LogP contribution is 2.33. The smallest absolute Gasteiger partial charge is 0.293 e. The molecule has 0 aliphatic heterocycles. The summed E-state index contributed by atoms with van der Waals surface area (Å²) >= 11 is 0. The lowest BCUT2D eigenvalue weighted by Crippen LogP contribution is -2.32. The Morgan fingerprint density at radius 3 is 2.59 bits per heavy atom. The van der Waals surface area contributed by atoms with Gasteiger partial charge in [0.2, 0.25) is 5.76 Å². The summed E-state index contributed by atoms with van der Waals surface area (Å²) in [6.45, 7) is 6.38. The highest BCUT2D eigenvalue weighted by atomic mass is 19.1. The summed E-state index contributed by atoms with van der Waals surface area (Å²) in [5, 5.41) is 7.94. The molecule has 8 heteroatoms. The molecular weight excluding hydrogens is 433 g/mol. The van der Waals surface area contributed by atoms with Crippen molar-refractivity contribution >= 4 is 22.6 Å². The van der Waals surface area contributed by atoms with E-state index < -0.39 is 0 Å². The van der Waals surface area contributed by atoms with E-state index in [9.17, 15) is 9.18 Å². The largest absolute Gasteiger partial charge is 0.365 e. The van der Waals surface area contributed by atoms with Crippen LogP contribution in [-0.4, -0.2) is 37.5 Å². The second-order valence-electron chi connectivity index (χ2n) is 9.68. The number of carbonyl (C=O) groups is 1. The molecule has 1 amide bonds. The Labute approximate surface area is 197 Å². The number of halogens is 1. The first-order valence-electron chi connectivity index (χ1n) is 11.3. The molecule has 2 aromatic heterocycles. The maximum absolute atomic E-state index is 14.8. The molecule has 5 rings (SSSR count). The second kappa shape index (κ2) is 8.52. The summed E-state index contributed by atoms with van der Waals surface area (Å²) in [6.07, 6.45) is 4.78. The average molecular weight is 460 g/mol. The molecule has 1 aliphatic rings. The van der Waals surface area contributed by atoms with Crippen molar-refractivity contribution in [3.05, 3.63) is 72.1 Å². The van der Waals surface area contributed by atoms with E-state index in [2.05, 4.69) is 41.2 Å². The Bertz CT molecular complexity index is 1340. The summed E-state index contributed by atoms with van der Waals surface area (Å²) in [4.78, 5) is 23.4. The Hall–Kier alpha value is -3.81. The fourth-order valence-electron chi connectivity index (χ4n) is 3.97. The number of hydrogen-bond acceptors (Lipinski definition) is 6. The van der Waals surface area contributed by atoms with Gasteiger partial charge in [0.1, 0.15) is 18.0 Å². The molecule has 0 spiro atoms. The van der Waals surface area contributed by atoms with Gasteiger partial charge in [0.15, 0.2) is 0 Å². The van der Waals surface area contributed by atoms with Crippen molar-refractivity contribution in [1.82, 2.24) is 20.0 Å². The van der Waals surface area contributed by atoms with Gasteiger partial charge in [-0.1, -0.05) is 17.3 Å². The van der Waals surface area contributed by atoms with Crippen LogP contribution in [0.4, 0.5) is 10.2 Å². The first kappa shape index (κ1) is 22.0. The van der Waals surface area contributed by atoms with Gasteiger partial charge in [-0.2, -0.15) is 0 Å². The molecule has 1 saturated carbocycles. The molecule has 4 aromatic rings. The van der Waals surface area contributed by atoms with Gasteiger partial charge in [0.05, 0.1) is 11.7 Å². The summed E-state index contributed by atoms with van der Waals surface area (Å²) in [7, 11) is 0. The SMILES string of the molecule is CC(C)(C)Nc1ncnc2ccc(-c3ccc(F)c(CN(C(=O)c4ccno4)C4CC4)c3)cc12. The molecule has 1 N–H and O–H groups in total. The maximum atomic E-state index is 14.8. The molecule has 2 heterocycles. The van der Waals surface area contributed by atoms with Crippen molar-refractivity contribution in [2.75, 3.05) is 5.32 Å². The Morgan fingerprint density at radius 2 is 1.88 bits per heavy atom. The topological polar surface area (TPSA) is 84.2 Å². The number of rotatable bonds is 6. The lowest BCUT2D eigenvalue weighted by molar-refractivity contribution is 0.0686. The summed E-state index contributed by atoms with van der Waals surface area (Å²) in [5.41, 5.74) is 2.88. The predicted octanol–water partition coefficient (Wildman–Crippen LogP) is 5.44. The fourth-order valence-corrected chi connectivity index (χ4v) is 3.97. The Kier molecular flexibility index (Phi) is 5.51. The van der Waals surface area contributed by atoms with Gasteiger partial charge in [-0.15, -0.1) is 0 Å². The standard InChI is InChI=1S/C26H26FN5O2/c1-26(2,3)31-24-20-13-17(5-9-22(20)28-15-29-24)16-4-8-21(27)18(12-16)14-32(19-6-7-19)25(33)23-10-11-30-34-23/h4-5,8-13,15,19H,6-7,14H2,1-3H3,(H,28,29,31). The monoisotopic (exact) mass is 459 g/mol. The second-order valence-corrected chi connectivity index (χ2v) is 9.68. The van der Waals surface area contributed by atoms with Crippen LogP contribution in [0.15, 0.2) is 59.5 Å². The molecular formula is C26H26FN5O2. The number of nitrogens with zero attached hydrogens (tertiary/aromatic N) is 4. The quantitative estimate of drug-likeness (QED) is 0.413. The first-order valence-corrected chi connectivity index (χ1v) is 11.3. The van der Waals surface area contributed by atoms with E-state index in [1.165, 1.54) is 18.3 Å². The van der Waals surface area contributed by atoms with Crippen LogP contribution in [0.5, 0.6) is 0 Å². The maximum Gasteiger partial charge on any atom is 0.293 e. The molecule has 1 aliphatic carbocycles. The average Bonchev–Trinajstić information content (AvgIpc) is 3.49. The summed E-state index contributed by atoms with van der Waals surface area (Å²) in [6, 6.07) is 12.5. The van der Waals surface area contributed by atoms with E-state index in [-0.39, 0.29) is 35.6 Å². The molecule has 34 heavy (non-hydrogen) atoms. The van der Waals surface area contributed by atoms with Gasteiger partial charge in [-0.3, -0.25) is 4.79 Å². The minimum atomic E-state index is -0.348. The zero-order valence-electron chi connectivity index (χ0n) is 19.4. The molecule has 0 radical (unpaired) electrons. The zero-order chi connectivity index (χ0) is 23.9. The van der Waals surface area contributed by atoms with Crippen molar-refractivity contribution in [3.8, 4) is 11.1 Å². The molecule has 174 valence electrons. The first-order chi connectivity index (χ1) is 16.3. The fraction of sp³-hybridized carbons (Fsp3) is 0.308. The lowest BCUT2D eigenvalue weighted by Gasteiger charge is -2.22. The molecule has 2 aromatic carbocycles. The van der Waals surface area contributed by atoms with Crippen LogP contribution in [0.3, 0.4) is 0 Å². The molecule has 0 unspecified atom stereocenters. The van der Waals surface area contributed by atoms with E-state index >= 15 is 0 Å². The molecule has 0 saturated heterocycles. The third kappa shape index (κ3) is 4.62. The van der Waals surface area contributed by atoms with E-state index in [1.807, 2.05) is 18.2 Å². The number of anilines is 1. The van der Waals surface area contributed by atoms with Crippen LogP contribution in [0, 0.1) is 5.82 Å². The minimum Gasteiger partial charge on any atom is -0.365 e. The zero-order valence-corrected chi connectivity index (χ0v) is 19.4. The van der Waals surface area contributed by atoms with Gasteiger partial charge < -0.3 is 14.7 Å². The lowest BCUT2D eigenvalue weighted by atomic mass is 10.00. The van der Waals surface area contributed by atoms with Gasteiger partial charge in [0.25, 0.3) is 5.91 Å². The summed E-state index contributed by atoms with van der Waals surface area (Å²) < 4.78 is 19.9. The normalized spacial score (nSPS) is 13.8. The molecule has 0 bridgehead atoms. The van der Waals surface area contributed by atoms with Crippen molar-refractivity contribution in [3.63, 3.8) is 0 Å². The van der Waals surface area contributed by atoms with Crippen LogP contribution in [0.2, 0.25) is 0 Å². The van der Waals surface area contributed by atoms with E-state index in [0.29, 0.717) is 5.56 Å². The number of amides is 1. The van der Waals surface area contributed by atoms with Crippen LogP contribution < -0.4 is 5.32 Å². The van der Waals surface area contributed by atoms with E-state index in [4.69, 9.17) is 4.52 Å². The number of nitrogens with one attached hydrogen (secondary N) is 1.